The fourth-order valence-corrected chi connectivity index (χ4v) is 6.94. The fraction of sp³-hybridized carbons (Fsp3) is 0.636. The van der Waals surface area contributed by atoms with Crippen molar-refractivity contribution in [1.82, 2.24) is 5.32 Å². The SMILES string of the molecule is CC(=O)NC12CC3CC(C1)CC(C(=O)OCc1cc(Cl)cc4c1OCOC4)(C3)C2. The van der Waals surface area contributed by atoms with Crippen LogP contribution in [0.3, 0.4) is 0 Å². The molecule has 6 nitrogen and oxygen atoms in total. The van der Waals surface area contributed by atoms with Crippen LogP contribution in [0.15, 0.2) is 12.1 Å². The van der Waals surface area contributed by atoms with Crippen LogP contribution in [0, 0.1) is 17.3 Å². The Balaban J connectivity index is 1.35. The Kier molecular flexibility index (Phi) is 4.55. The van der Waals surface area contributed by atoms with Crippen molar-refractivity contribution >= 4 is 23.5 Å². The summed E-state index contributed by atoms with van der Waals surface area (Å²) in [6, 6.07) is 3.61. The number of hydrogen-bond donors (Lipinski definition) is 1. The summed E-state index contributed by atoms with van der Waals surface area (Å²) in [5.74, 6) is 1.50. The van der Waals surface area contributed by atoms with Crippen molar-refractivity contribution in [2.45, 2.75) is 64.2 Å². The van der Waals surface area contributed by atoms with E-state index in [0.29, 0.717) is 35.6 Å². The van der Waals surface area contributed by atoms with Crippen molar-refractivity contribution in [3.63, 3.8) is 0 Å². The molecule has 1 N–H and O–H groups in total. The maximum Gasteiger partial charge on any atom is 0.312 e. The number of ether oxygens (including phenoxy) is 3. The molecule has 4 fully saturated rings. The highest BCUT2D eigenvalue weighted by Gasteiger charge is 2.61. The second kappa shape index (κ2) is 6.88. The number of amides is 1. The van der Waals surface area contributed by atoms with Crippen molar-refractivity contribution in [1.29, 1.82) is 0 Å². The second-order valence-corrected chi connectivity index (χ2v) is 9.88. The molecule has 4 aliphatic carbocycles. The van der Waals surface area contributed by atoms with Crippen LogP contribution in [0.1, 0.15) is 56.6 Å². The van der Waals surface area contributed by atoms with E-state index in [9.17, 15) is 9.59 Å². The average Bonchev–Trinajstić information content (AvgIpc) is 2.63. The number of benzene rings is 1. The van der Waals surface area contributed by atoms with Crippen LogP contribution in [0.4, 0.5) is 0 Å². The summed E-state index contributed by atoms with van der Waals surface area (Å²) in [4.78, 5) is 25.1. The number of nitrogens with one attached hydrogen (secondary N) is 1. The predicted molar refractivity (Wildman–Crippen MR) is 105 cm³/mol. The topological polar surface area (TPSA) is 73.9 Å². The quantitative estimate of drug-likeness (QED) is 0.753. The van der Waals surface area contributed by atoms with Gasteiger partial charge in [0.05, 0.1) is 12.0 Å². The summed E-state index contributed by atoms with van der Waals surface area (Å²) >= 11 is 6.23. The molecule has 2 unspecified atom stereocenters. The molecule has 29 heavy (non-hydrogen) atoms. The van der Waals surface area contributed by atoms with E-state index in [-0.39, 0.29) is 30.8 Å². The molecule has 1 aromatic rings. The molecular weight excluding hydrogens is 394 g/mol. The van der Waals surface area contributed by atoms with Crippen molar-refractivity contribution < 1.29 is 23.8 Å². The zero-order valence-electron chi connectivity index (χ0n) is 16.6. The molecule has 1 aromatic carbocycles. The number of halogens is 1. The van der Waals surface area contributed by atoms with Gasteiger partial charge in [0.2, 0.25) is 5.91 Å². The first kappa shape index (κ1) is 19.2. The summed E-state index contributed by atoms with van der Waals surface area (Å²) < 4.78 is 16.8. The number of fused-ring (bicyclic) bond motifs is 1. The molecule has 1 aliphatic heterocycles. The maximum atomic E-state index is 13.3. The predicted octanol–water partition coefficient (Wildman–Crippen LogP) is 3.72. The Morgan fingerprint density at radius 2 is 2.00 bits per heavy atom. The minimum absolute atomic E-state index is 0.0135. The Hall–Kier alpha value is -1.79. The summed E-state index contributed by atoms with van der Waals surface area (Å²) in [5, 5.41) is 3.76. The van der Waals surface area contributed by atoms with Crippen molar-refractivity contribution in [3.8, 4) is 5.75 Å². The van der Waals surface area contributed by atoms with E-state index < -0.39 is 5.41 Å². The van der Waals surface area contributed by atoms with Gasteiger partial charge in [0.15, 0.2) is 6.79 Å². The highest BCUT2D eigenvalue weighted by atomic mass is 35.5. The molecule has 1 amide bonds. The van der Waals surface area contributed by atoms with Gasteiger partial charge in [-0.1, -0.05) is 11.6 Å². The molecule has 2 atom stereocenters. The zero-order valence-corrected chi connectivity index (χ0v) is 17.3. The summed E-state index contributed by atoms with van der Waals surface area (Å²) in [6.45, 7) is 2.31. The van der Waals surface area contributed by atoms with Crippen LogP contribution < -0.4 is 10.1 Å². The molecular formula is C22H26ClNO5. The first-order chi connectivity index (χ1) is 13.9. The first-order valence-electron chi connectivity index (χ1n) is 10.3. The van der Waals surface area contributed by atoms with Crippen LogP contribution in [-0.2, 0) is 32.3 Å². The van der Waals surface area contributed by atoms with Crippen LogP contribution in [0.25, 0.3) is 0 Å². The normalized spacial score (nSPS) is 34.3. The number of carbonyl (C=O) groups is 2. The molecule has 4 bridgehead atoms. The molecule has 0 aromatic heterocycles. The van der Waals surface area contributed by atoms with E-state index in [1.54, 1.807) is 13.0 Å². The molecule has 0 saturated heterocycles. The lowest BCUT2D eigenvalue weighted by molar-refractivity contribution is -0.177. The van der Waals surface area contributed by atoms with E-state index >= 15 is 0 Å². The first-order valence-corrected chi connectivity index (χ1v) is 10.7. The van der Waals surface area contributed by atoms with Crippen molar-refractivity contribution in [3.05, 3.63) is 28.3 Å². The van der Waals surface area contributed by atoms with Crippen LogP contribution >= 0.6 is 11.6 Å². The van der Waals surface area contributed by atoms with Gasteiger partial charge in [0.25, 0.3) is 0 Å². The van der Waals surface area contributed by atoms with E-state index in [4.69, 9.17) is 25.8 Å². The van der Waals surface area contributed by atoms with E-state index in [2.05, 4.69) is 5.32 Å². The van der Waals surface area contributed by atoms with Crippen molar-refractivity contribution in [2.24, 2.45) is 17.3 Å². The third kappa shape index (κ3) is 3.40. The summed E-state index contributed by atoms with van der Waals surface area (Å²) in [6.07, 6.45) is 5.53. The molecule has 1 heterocycles. The highest BCUT2D eigenvalue weighted by Crippen LogP contribution is 2.62. The fourth-order valence-electron chi connectivity index (χ4n) is 6.68. The maximum absolute atomic E-state index is 13.3. The second-order valence-electron chi connectivity index (χ2n) is 9.44. The van der Waals surface area contributed by atoms with E-state index in [0.717, 1.165) is 43.2 Å². The third-order valence-electron chi connectivity index (χ3n) is 7.05. The number of carbonyl (C=O) groups excluding carboxylic acids is 2. The minimum Gasteiger partial charge on any atom is -0.467 e. The van der Waals surface area contributed by atoms with Crippen molar-refractivity contribution in [2.75, 3.05) is 6.79 Å². The van der Waals surface area contributed by atoms with Crippen LogP contribution in [0.2, 0.25) is 5.02 Å². The lowest BCUT2D eigenvalue weighted by atomic mass is 9.47. The number of hydrogen-bond acceptors (Lipinski definition) is 5. The smallest absolute Gasteiger partial charge is 0.312 e. The van der Waals surface area contributed by atoms with Gasteiger partial charge in [0, 0.05) is 28.6 Å². The number of esters is 1. The third-order valence-corrected chi connectivity index (χ3v) is 7.26. The lowest BCUT2D eigenvalue weighted by Gasteiger charge is -2.60. The monoisotopic (exact) mass is 419 g/mol. The molecule has 4 saturated carbocycles. The highest BCUT2D eigenvalue weighted by molar-refractivity contribution is 6.30. The summed E-state index contributed by atoms with van der Waals surface area (Å²) in [5.41, 5.74) is 0.902. The largest absolute Gasteiger partial charge is 0.467 e. The molecule has 5 aliphatic rings. The van der Waals surface area contributed by atoms with E-state index in [1.165, 1.54) is 0 Å². The van der Waals surface area contributed by atoms with Crippen LogP contribution in [0.5, 0.6) is 5.75 Å². The standard InChI is InChI=1S/C22H26ClNO5/c1-13(25)24-22-7-14-2-15(8-22)6-21(5-14,11-22)20(26)28-10-17-4-18(23)3-16-9-27-12-29-19(16)17/h3-4,14-15H,2,5-12H2,1H3,(H,24,25). The minimum atomic E-state index is -0.491. The van der Waals surface area contributed by atoms with Gasteiger partial charge in [-0.2, -0.15) is 0 Å². The van der Waals surface area contributed by atoms with Gasteiger partial charge in [-0.15, -0.1) is 0 Å². The Morgan fingerprint density at radius 1 is 1.24 bits per heavy atom. The molecule has 7 heteroatoms. The molecule has 156 valence electrons. The number of rotatable bonds is 4. The molecule has 6 rings (SSSR count). The lowest BCUT2D eigenvalue weighted by Crippen LogP contribution is -2.64. The average molecular weight is 420 g/mol. The zero-order chi connectivity index (χ0) is 20.2. The van der Waals surface area contributed by atoms with E-state index in [1.807, 2.05) is 6.07 Å². The van der Waals surface area contributed by atoms with Gasteiger partial charge in [-0.3, -0.25) is 9.59 Å². The van der Waals surface area contributed by atoms with Gasteiger partial charge in [-0.05, 0) is 62.5 Å². The van der Waals surface area contributed by atoms with Crippen LogP contribution in [-0.4, -0.2) is 24.2 Å². The van der Waals surface area contributed by atoms with Gasteiger partial charge < -0.3 is 19.5 Å². The Labute approximate surface area is 175 Å². The Bertz CT molecular complexity index is 855. The van der Waals surface area contributed by atoms with Gasteiger partial charge in [0.1, 0.15) is 12.4 Å². The molecule has 0 spiro atoms. The van der Waals surface area contributed by atoms with Gasteiger partial charge >= 0.3 is 5.97 Å². The summed E-state index contributed by atoms with van der Waals surface area (Å²) in [7, 11) is 0. The molecule has 0 radical (unpaired) electrons. The Morgan fingerprint density at radius 3 is 2.72 bits per heavy atom. The van der Waals surface area contributed by atoms with Gasteiger partial charge in [-0.25, -0.2) is 0 Å².